The van der Waals surface area contributed by atoms with Crippen LogP contribution >= 0.6 is 35.6 Å². The van der Waals surface area contributed by atoms with Gasteiger partial charge in [0.05, 0.1) is 6.04 Å². The largest absolute Gasteiger partial charge is 0.363 e. The summed E-state index contributed by atoms with van der Waals surface area (Å²) in [5.41, 5.74) is 1.24. The summed E-state index contributed by atoms with van der Waals surface area (Å²) < 4.78 is 0.887. The highest BCUT2D eigenvalue weighted by Gasteiger charge is 2.28. The Labute approximate surface area is 98.2 Å². The first kappa shape index (κ1) is 10.3. The number of thioether (sulfide) groups is 1. The van der Waals surface area contributed by atoms with E-state index >= 15 is 0 Å². The smallest absolute Gasteiger partial charge is 0.134 e. The summed E-state index contributed by atoms with van der Waals surface area (Å²) in [6.07, 6.45) is 0. The van der Waals surface area contributed by atoms with Crippen LogP contribution < -0.4 is 5.32 Å². The van der Waals surface area contributed by atoms with Gasteiger partial charge in [0.2, 0.25) is 0 Å². The summed E-state index contributed by atoms with van der Waals surface area (Å²) in [4.78, 5) is 0. The lowest BCUT2D eigenvalue weighted by molar-refractivity contribution is 0.666. The van der Waals surface area contributed by atoms with Gasteiger partial charge in [0, 0.05) is 10.3 Å². The fourth-order valence-electron chi connectivity index (χ4n) is 1.54. The maximum absolute atomic E-state index is 5.83. The number of nitrogens with one attached hydrogen (secondary N) is 1. The minimum atomic E-state index is 0.324. The minimum Gasteiger partial charge on any atom is -0.363 e. The maximum Gasteiger partial charge on any atom is 0.134 e. The van der Waals surface area contributed by atoms with Crippen LogP contribution in [0.2, 0.25) is 5.02 Å². The highest BCUT2D eigenvalue weighted by molar-refractivity contribution is 8.23. The summed E-state index contributed by atoms with van der Waals surface area (Å²) in [5, 5.41) is 4.55. The van der Waals surface area contributed by atoms with Crippen molar-refractivity contribution in [2.24, 2.45) is 0 Å². The third kappa shape index (κ3) is 2.05. The molecule has 0 saturated carbocycles. The Balaban J connectivity index is 2.23. The molecule has 2 rings (SSSR count). The molecule has 4 heteroatoms. The highest BCUT2D eigenvalue weighted by Crippen LogP contribution is 2.33. The van der Waals surface area contributed by atoms with Crippen molar-refractivity contribution < 1.29 is 0 Å². The zero-order valence-electron chi connectivity index (χ0n) is 7.66. The fraction of sp³-hybridized carbons (Fsp3) is 0.300. The molecule has 1 saturated heterocycles. The first-order valence-electron chi connectivity index (χ1n) is 4.39. The quantitative estimate of drug-likeness (QED) is 0.760. The molecule has 14 heavy (non-hydrogen) atoms. The molecule has 0 radical (unpaired) electrons. The lowest BCUT2D eigenvalue weighted by Gasteiger charge is -2.14. The molecule has 0 aromatic heterocycles. The van der Waals surface area contributed by atoms with Gasteiger partial charge in [-0.05, 0) is 17.7 Å². The van der Waals surface area contributed by atoms with E-state index in [2.05, 4.69) is 12.2 Å². The lowest BCUT2D eigenvalue weighted by Crippen LogP contribution is -2.20. The van der Waals surface area contributed by atoms with Crippen molar-refractivity contribution in [2.75, 3.05) is 0 Å². The second-order valence-corrected chi connectivity index (χ2v) is 5.77. The molecule has 1 aromatic carbocycles. The van der Waals surface area contributed by atoms with Crippen LogP contribution in [0, 0.1) is 0 Å². The molecule has 1 fully saturated rings. The van der Waals surface area contributed by atoms with Gasteiger partial charge >= 0.3 is 0 Å². The van der Waals surface area contributed by atoms with E-state index in [-0.39, 0.29) is 0 Å². The zero-order chi connectivity index (χ0) is 10.1. The first-order valence-corrected chi connectivity index (χ1v) is 6.06. The summed E-state index contributed by atoms with van der Waals surface area (Å²) in [5.74, 6) is 0. The SMILES string of the molecule is CC1SC(=S)NC1c1ccc(Cl)cc1. The molecule has 1 N–H and O–H groups in total. The monoisotopic (exact) mass is 243 g/mol. The Hall–Kier alpha value is -0.250. The van der Waals surface area contributed by atoms with Gasteiger partial charge in [-0.3, -0.25) is 0 Å². The predicted octanol–water partition coefficient (Wildman–Crippen LogP) is 3.39. The van der Waals surface area contributed by atoms with E-state index < -0.39 is 0 Å². The van der Waals surface area contributed by atoms with Crippen molar-refractivity contribution in [3.05, 3.63) is 34.9 Å². The van der Waals surface area contributed by atoms with Crippen LogP contribution in [-0.4, -0.2) is 9.57 Å². The van der Waals surface area contributed by atoms with Gasteiger partial charge in [-0.1, -0.05) is 54.6 Å². The van der Waals surface area contributed by atoms with Crippen molar-refractivity contribution in [3.8, 4) is 0 Å². The van der Waals surface area contributed by atoms with Gasteiger partial charge in [-0.2, -0.15) is 0 Å². The molecule has 0 bridgehead atoms. The summed E-state index contributed by atoms with van der Waals surface area (Å²) in [6.45, 7) is 2.18. The molecular weight excluding hydrogens is 234 g/mol. The van der Waals surface area contributed by atoms with Crippen LogP contribution in [0.5, 0.6) is 0 Å². The van der Waals surface area contributed by atoms with E-state index in [1.807, 2.05) is 24.3 Å². The third-order valence-corrected chi connectivity index (χ3v) is 3.90. The van der Waals surface area contributed by atoms with Crippen LogP contribution in [0.4, 0.5) is 0 Å². The van der Waals surface area contributed by atoms with Crippen molar-refractivity contribution in [1.29, 1.82) is 0 Å². The number of hydrogen-bond acceptors (Lipinski definition) is 2. The molecule has 1 heterocycles. The van der Waals surface area contributed by atoms with E-state index in [0.29, 0.717) is 11.3 Å². The molecule has 1 aliphatic rings. The topological polar surface area (TPSA) is 12.0 Å². The number of halogens is 1. The summed E-state index contributed by atoms with van der Waals surface area (Å²) in [7, 11) is 0. The molecule has 74 valence electrons. The van der Waals surface area contributed by atoms with Crippen LogP contribution in [0.25, 0.3) is 0 Å². The second kappa shape index (κ2) is 4.09. The van der Waals surface area contributed by atoms with Crippen molar-refractivity contribution in [2.45, 2.75) is 18.2 Å². The van der Waals surface area contributed by atoms with Crippen LogP contribution in [0.3, 0.4) is 0 Å². The Morgan fingerprint density at radius 1 is 1.36 bits per heavy atom. The predicted molar refractivity (Wildman–Crippen MR) is 67.0 cm³/mol. The Morgan fingerprint density at radius 3 is 2.50 bits per heavy atom. The van der Waals surface area contributed by atoms with Gasteiger partial charge in [-0.25, -0.2) is 0 Å². The molecular formula is C10H10ClNS2. The van der Waals surface area contributed by atoms with Crippen LogP contribution in [0.1, 0.15) is 18.5 Å². The van der Waals surface area contributed by atoms with E-state index in [1.165, 1.54) is 5.56 Å². The number of hydrogen-bond donors (Lipinski definition) is 1. The molecule has 1 nitrogen and oxygen atoms in total. The van der Waals surface area contributed by atoms with E-state index in [4.69, 9.17) is 23.8 Å². The average Bonchev–Trinajstić information content (AvgIpc) is 2.47. The lowest BCUT2D eigenvalue weighted by atomic mass is 10.1. The van der Waals surface area contributed by atoms with E-state index in [0.717, 1.165) is 9.34 Å². The molecule has 0 aliphatic carbocycles. The van der Waals surface area contributed by atoms with Crippen molar-refractivity contribution >= 4 is 39.9 Å². The normalized spacial score (nSPS) is 26.3. The van der Waals surface area contributed by atoms with Crippen molar-refractivity contribution in [1.82, 2.24) is 5.32 Å². The van der Waals surface area contributed by atoms with Gasteiger partial charge in [-0.15, -0.1) is 0 Å². The number of thiocarbonyl (C=S) groups is 1. The second-order valence-electron chi connectivity index (χ2n) is 3.28. The fourth-order valence-corrected chi connectivity index (χ4v) is 3.14. The Bertz CT molecular complexity index is 350. The molecule has 1 aromatic rings. The van der Waals surface area contributed by atoms with Gasteiger partial charge in [0.1, 0.15) is 4.32 Å². The number of benzene rings is 1. The summed E-state index contributed by atoms with van der Waals surface area (Å²) >= 11 is 12.7. The van der Waals surface area contributed by atoms with Gasteiger partial charge in [0.25, 0.3) is 0 Å². The zero-order valence-corrected chi connectivity index (χ0v) is 10.0. The molecule has 2 unspecified atom stereocenters. The molecule has 0 amide bonds. The standard InChI is InChI=1S/C10H10ClNS2/c1-6-9(12-10(13)14-6)7-2-4-8(11)5-3-7/h2-6,9H,1H3,(H,12,13). The van der Waals surface area contributed by atoms with Gasteiger partial charge in [0.15, 0.2) is 0 Å². The Morgan fingerprint density at radius 2 is 2.00 bits per heavy atom. The van der Waals surface area contributed by atoms with E-state index in [9.17, 15) is 0 Å². The van der Waals surface area contributed by atoms with Crippen LogP contribution in [-0.2, 0) is 0 Å². The van der Waals surface area contributed by atoms with Gasteiger partial charge < -0.3 is 5.32 Å². The molecule has 1 aliphatic heterocycles. The van der Waals surface area contributed by atoms with E-state index in [1.54, 1.807) is 11.8 Å². The summed E-state index contributed by atoms with van der Waals surface area (Å²) in [6, 6.07) is 8.25. The number of rotatable bonds is 1. The minimum absolute atomic E-state index is 0.324. The maximum atomic E-state index is 5.83. The first-order chi connectivity index (χ1) is 6.66. The Kier molecular flexibility index (Phi) is 3.00. The van der Waals surface area contributed by atoms with Crippen LogP contribution in [0.15, 0.2) is 24.3 Å². The molecule has 0 spiro atoms. The highest BCUT2D eigenvalue weighted by atomic mass is 35.5. The molecule has 2 atom stereocenters. The third-order valence-electron chi connectivity index (χ3n) is 2.26. The van der Waals surface area contributed by atoms with Crippen molar-refractivity contribution in [3.63, 3.8) is 0 Å². The average molecular weight is 244 g/mol.